The van der Waals surface area contributed by atoms with Gasteiger partial charge in [-0.15, -0.1) is 0 Å². The smallest absolute Gasteiger partial charge is 0.424 e. The second-order valence-corrected chi connectivity index (χ2v) is 14.8. The number of anilines is 1. The first-order valence-electron chi connectivity index (χ1n) is 14.8. The molecule has 0 aliphatic rings. The second-order valence-electron chi connectivity index (χ2n) is 13.0. The molecule has 49 heavy (non-hydrogen) atoms. The van der Waals surface area contributed by atoms with E-state index in [1.165, 1.54) is 65.8 Å². The Morgan fingerprint density at radius 2 is 1.41 bits per heavy atom. The van der Waals surface area contributed by atoms with Crippen LogP contribution in [0.5, 0.6) is 11.5 Å². The number of alkyl halides is 3. The number of pyridine rings is 1. The fourth-order valence-electron chi connectivity index (χ4n) is 4.51. The molecule has 16 heteroatoms. The van der Waals surface area contributed by atoms with Gasteiger partial charge in [-0.2, -0.15) is 18.1 Å². The van der Waals surface area contributed by atoms with E-state index >= 15 is 8.78 Å². The van der Waals surface area contributed by atoms with Gasteiger partial charge in [0, 0.05) is 30.9 Å². The lowest BCUT2D eigenvalue weighted by molar-refractivity contribution is -0.133. The molecule has 2 aromatic carbocycles. The number of carbonyl (C=O) groups excluding carboxylic acids is 2. The Labute approximate surface area is 279 Å². The average Bonchev–Trinajstić information content (AvgIpc) is 3.32. The van der Waals surface area contributed by atoms with E-state index < -0.39 is 81.3 Å². The van der Waals surface area contributed by atoms with Gasteiger partial charge in [0.15, 0.2) is 23.0 Å². The molecule has 0 saturated heterocycles. The lowest BCUT2D eigenvalue weighted by Crippen LogP contribution is -2.43. The second kappa shape index (κ2) is 13.3. The number of fused-ring (bicyclic) bond motifs is 1. The van der Waals surface area contributed by atoms with E-state index in [9.17, 15) is 31.2 Å². The van der Waals surface area contributed by atoms with E-state index in [-0.39, 0.29) is 21.5 Å². The molecule has 4 rings (SSSR count). The van der Waals surface area contributed by atoms with Gasteiger partial charge in [-0.3, -0.25) is 0 Å². The van der Waals surface area contributed by atoms with Gasteiger partial charge in [-0.05, 0) is 78.6 Å². The molecule has 0 N–H and O–H groups in total. The quantitative estimate of drug-likeness (QED) is 0.175. The Balaban J connectivity index is 1.84. The molecule has 2 heterocycles. The lowest BCUT2D eigenvalue weighted by atomic mass is 10.1. The molecule has 0 fully saturated rings. The molecule has 10 nitrogen and oxygen atoms in total. The van der Waals surface area contributed by atoms with Crippen LogP contribution < -0.4 is 9.64 Å². The maximum atomic E-state index is 15.7. The number of imide groups is 1. The van der Waals surface area contributed by atoms with E-state index in [1.807, 2.05) is 0 Å². The number of rotatable bonds is 7. The molecule has 264 valence electrons. The van der Waals surface area contributed by atoms with Gasteiger partial charge < -0.3 is 14.2 Å². The molecule has 2 aromatic heterocycles. The highest BCUT2D eigenvalue weighted by Gasteiger charge is 2.35. The molecule has 0 radical (unpaired) electrons. The van der Waals surface area contributed by atoms with E-state index in [4.69, 9.17) is 14.2 Å². The maximum absolute atomic E-state index is 15.7. The Hall–Kier alpha value is -4.73. The third-order valence-electron chi connectivity index (χ3n) is 6.56. The van der Waals surface area contributed by atoms with E-state index in [0.717, 1.165) is 24.0 Å². The van der Waals surface area contributed by atoms with Crippen molar-refractivity contribution in [2.75, 3.05) is 4.90 Å². The normalized spacial score (nSPS) is 12.6. The van der Waals surface area contributed by atoms with Gasteiger partial charge in [-0.1, -0.05) is 17.7 Å². The van der Waals surface area contributed by atoms with Crippen LogP contribution in [0.2, 0.25) is 0 Å². The van der Waals surface area contributed by atoms with Gasteiger partial charge in [0.1, 0.15) is 17.0 Å². The van der Waals surface area contributed by atoms with Gasteiger partial charge in [-0.25, -0.2) is 35.7 Å². The number of ether oxygens (including phenoxy) is 3. The summed E-state index contributed by atoms with van der Waals surface area (Å²) in [5, 5.41) is -0.241. The summed E-state index contributed by atoms with van der Waals surface area (Å²) in [7, 11) is -4.40. The molecular formula is C33H34F5N3O7S. The number of hydrogen-bond donors (Lipinski definition) is 0. The number of amides is 2. The zero-order chi connectivity index (χ0) is 36.7. The predicted molar refractivity (Wildman–Crippen MR) is 169 cm³/mol. The summed E-state index contributed by atoms with van der Waals surface area (Å²) in [6.07, 6.45) is -7.28. The van der Waals surface area contributed by atoms with E-state index in [1.54, 1.807) is 6.92 Å². The largest absolute Gasteiger partial charge is 0.450 e. The summed E-state index contributed by atoms with van der Waals surface area (Å²) in [6.45, 7) is 10.8. The van der Waals surface area contributed by atoms with Crippen molar-refractivity contribution in [3.8, 4) is 11.5 Å². The molecule has 2 amide bonds. The maximum Gasteiger partial charge on any atom is 0.424 e. The van der Waals surface area contributed by atoms with Crippen LogP contribution >= 0.6 is 0 Å². The number of aryl methyl sites for hydroxylation is 2. The number of hydrogen-bond acceptors (Lipinski definition) is 8. The zero-order valence-corrected chi connectivity index (χ0v) is 28.4. The number of halogens is 5. The molecular weight excluding hydrogens is 677 g/mol. The highest BCUT2D eigenvalue weighted by molar-refractivity contribution is 7.90. The number of benzene rings is 2. The SMILES string of the molecule is Cc1ccc(S(=O)(=O)n2cc(CCC(F)(F)F)c3c(Oc4c(F)cc(N(C(=O)OC(C)(C)C)C(=O)OC(C)(C)C)cc4F)ccnc32)cc1. The topological polar surface area (TPSA) is 117 Å². The summed E-state index contributed by atoms with van der Waals surface area (Å²) in [5.41, 5.74) is -2.62. The molecule has 0 bridgehead atoms. The van der Waals surface area contributed by atoms with Crippen molar-refractivity contribution in [2.24, 2.45) is 0 Å². The average molecular weight is 712 g/mol. The van der Waals surface area contributed by atoms with Crippen LogP contribution in [-0.4, -0.2) is 46.9 Å². The van der Waals surface area contributed by atoms with Crippen LogP contribution in [0.3, 0.4) is 0 Å². The fourth-order valence-corrected chi connectivity index (χ4v) is 5.85. The van der Waals surface area contributed by atoms with Crippen molar-refractivity contribution < 1.29 is 54.2 Å². The van der Waals surface area contributed by atoms with E-state index in [2.05, 4.69) is 4.98 Å². The van der Waals surface area contributed by atoms with Crippen LogP contribution in [0, 0.1) is 18.6 Å². The minimum atomic E-state index is -4.63. The van der Waals surface area contributed by atoms with Crippen LogP contribution in [0.15, 0.2) is 59.8 Å². The number of nitrogens with zero attached hydrogens (tertiary/aromatic N) is 3. The Morgan fingerprint density at radius 1 is 0.878 bits per heavy atom. The summed E-state index contributed by atoms with van der Waals surface area (Å²) in [6, 6.07) is 8.00. The highest BCUT2D eigenvalue weighted by Crippen LogP contribution is 2.39. The van der Waals surface area contributed by atoms with Crippen molar-refractivity contribution in [3.63, 3.8) is 0 Å². The molecule has 0 spiro atoms. The van der Waals surface area contributed by atoms with Crippen molar-refractivity contribution >= 4 is 38.9 Å². The lowest BCUT2D eigenvalue weighted by Gasteiger charge is -2.28. The van der Waals surface area contributed by atoms with Crippen LogP contribution in [-0.2, 0) is 25.9 Å². The fraction of sp³-hybridized carbons (Fsp3) is 0.364. The minimum absolute atomic E-state index is 0.176. The van der Waals surface area contributed by atoms with Crippen molar-refractivity contribution in [2.45, 2.75) is 83.6 Å². The molecule has 0 aliphatic carbocycles. The molecule has 0 aliphatic heterocycles. The van der Waals surface area contributed by atoms with Gasteiger partial charge >= 0.3 is 18.4 Å². The molecule has 0 unspecified atom stereocenters. The van der Waals surface area contributed by atoms with Gasteiger partial charge in [0.25, 0.3) is 10.0 Å². The van der Waals surface area contributed by atoms with Gasteiger partial charge in [0.05, 0.1) is 16.0 Å². The van der Waals surface area contributed by atoms with Crippen molar-refractivity contribution in [1.82, 2.24) is 8.96 Å². The minimum Gasteiger partial charge on any atom is -0.450 e. The van der Waals surface area contributed by atoms with Crippen LogP contribution in [0.25, 0.3) is 11.0 Å². The van der Waals surface area contributed by atoms with Crippen molar-refractivity contribution in [1.29, 1.82) is 0 Å². The first-order valence-corrected chi connectivity index (χ1v) is 16.2. The van der Waals surface area contributed by atoms with E-state index in [0.29, 0.717) is 21.0 Å². The predicted octanol–water partition coefficient (Wildman–Crippen LogP) is 8.82. The third kappa shape index (κ3) is 8.85. The van der Waals surface area contributed by atoms with Gasteiger partial charge in [0.2, 0.25) is 0 Å². The Kier molecular flexibility index (Phi) is 10.1. The number of aromatic nitrogens is 2. The molecule has 0 saturated carbocycles. The number of carbonyl (C=O) groups is 2. The monoisotopic (exact) mass is 711 g/mol. The summed E-state index contributed by atoms with van der Waals surface area (Å²) >= 11 is 0. The molecule has 0 atom stereocenters. The summed E-state index contributed by atoms with van der Waals surface area (Å²) < 4.78 is 115. The zero-order valence-electron chi connectivity index (χ0n) is 27.6. The first-order chi connectivity index (χ1) is 22.5. The first kappa shape index (κ1) is 37.1. The molecule has 4 aromatic rings. The Morgan fingerprint density at radius 3 is 1.90 bits per heavy atom. The van der Waals surface area contributed by atoms with Crippen molar-refractivity contribution in [3.05, 3.63) is 77.6 Å². The standard InChI is InChI=1S/C33H34F5N3O7S/c1-19-8-10-22(11-9-19)49(44,45)40-18-20(12-14-33(36,37)38)26-25(13-15-39-28(26)40)46-27-23(34)16-21(17-24(27)35)41(29(42)47-31(2,3)4)30(43)48-32(5,6)7/h8-11,13,15-18H,12,14H2,1-7H3. The third-order valence-corrected chi connectivity index (χ3v) is 8.22. The highest BCUT2D eigenvalue weighted by atomic mass is 32.2. The van der Waals surface area contributed by atoms with Crippen LogP contribution in [0.1, 0.15) is 59.1 Å². The summed E-state index contributed by atoms with van der Waals surface area (Å²) in [4.78, 5) is 30.2. The summed E-state index contributed by atoms with van der Waals surface area (Å²) in [5.74, 6) is -4.34. The van der Waals surface area contributed by atoms with Crippen LogP contribution in [0.4, 0.5) is 37.2 Å². The Bertz CT molecular complexity index is 1950.